The van der Waals surface area contributed by atoms with Crippen LogP contribution in [-0.2, 0) is 0 Å². The minimum absolute atomic E-state index is 0.299. The molecule has 2 nitrogen and oxygen atoms in total. The second kappa shape index (κ2) is 4.64. The third-order valence-electron chi connectivity index (χ3n) is 3.36. The molecule has 0 bridgehead atoms. The second-order valence-corrected chi connectivity index (χ2v) is 5.11. The molecule has 15 heavy (non-hydrogen) atoms. The van der Waals surface area contributed by atoms with E-state index in [1.165, 1.54) is 34.9 Å². The highest BCUT2D eigenvalue weighted by molar-refractivity contribution is 9.10. The van der Waals surface area contributed by atoms with E-state index < -0.39 is 0 Å². The van der Waals surface area contributed by atoms with Crippen molar-refractivity contribution in [1.82, 2.24) is 5.43 Å². The lowest BCUT2D eigenvalue weighted by atomic mass is 9.77. The van der Waals surface area contributed by atoms with Crippen LogP contribution >= 0.6 is 15.9 Å². The minimum Gasteiger partial charge on any atom is -0.271 e. The number of nitrogens with two attached hydrogens (primary N) is 1. The third-order valence-corrected chi connectivity index (χ3v) is 4.44. The first-order valence-electron chi connectivity index (χ1n) is 5.45. The van der Waals surface area contributed by atoms with Crippen LogP contribution in [0.25, 0.3) is 0 Å². The van der Waals surface area contributed by atoms with E-state index in [2.05, 4.69) is 46.5 Å². The van der Waals surface area contributed by atoms with Crippen molar-refractivity contribution in [2.75, 3.05) is 0 Å². The van der Waals surface area contributed by atoms with Crippen molar-refractivity contribution in [3.8, 4) is 0 Å². The summed E-state index contributed by atoms with van der Waals surface area (Å²) in [4.78, 5) is 0. The first kappa shape index (κ1) is 11.1. The lowest BCUT2D eigenvalue weighted by molar-refractivity contribution is 0.231. The van der Waals surface area contributed by atoms with E-state index in [1.807, 2.05) is 0 Å². The van der Waals surface area contributed by atoms with Gasteiger partial charge in [0.25, 0.3) is 0 Å². The summed E-state index contributed by atoms with van der Waals surface area (Å²) in [5.74, 6) is 6.37. The number of rotatable bonds is 3. The standard InChI is InChI=1S/C12H17BrN2/c1-8-4-2-7-10(11(8)13)12(15-14)9-5-3-6-9/h2,4,7,9,12,15H,3,5-6,14H2,1H3. The molecule has 1 aromatic carbocycles. The topological polar surface area (TPSA) is 38.0 Å². The molecular weight excluding hydrogens is 252 g/mol. The van der Waals surface area contributed by atoms with E-state index in [-0.39, 0.29) is 0 Å². The molecule has 0 saturated heterocycles. The minimum atomic E-state index is 0.299. The summed E-state index contributed by atoms with van der Waals surface area (Å²) in [7, 11) is 0. The largest absolute Gasteiger partial charge is 0.271 e. The molecule has 82 valence electrons. The maximum atomic E-state index is 5.66. The van der Waals surface area contributed by atoms with Gasteiger partial charge >= 0.3 is 0 Å². The summed E-state index contributed by atoms with van der Waals surface area (Å²) < 4.78 is 1.19. The fourth-order valence-electron chi connectivity index (χ4n) is 2.16. The van der Waals surface area contributed by atoms with Crippen molar-refractivity contribution in [2.24, 2.45) is 11.8 Å². The summed E-state index contributed by atoms with van der Waals surface area (Å²) in [6.07, 6.45) is 3.91. The van der Waals surface area contributed by atoms with Gasteiger partial charge in [-0.2, -0.15) is 0 Å². The molecule has 2 rings (SSSR count). The van der Waals surface area contributed by atoms with Crippen molar-refractivity contribution in [3.05, 3.63) is 33.8 Å². The Kier molecular flexibility index (Phi) is 3.44. The van der Waals surface area contributed by atoms with E-state index >= 15 is 0 Å². The van der Waals surface area contributed by atoms with E-state index in [1.54, 1.807) is 0 Å². The number of aryl methyl sites for hydroxylation is 1. The van der Waals surface area contributed by atoms with Crippen LogP contribution in [0, 0.1) is 12.8 Å². The van der Waals surface area contributed by atoms with Gasteiger partial charge in [0.1, 0.15) is 0 Å². The van der Waals surface area contributed by atoms with E-state index in [0.29, 0.717) is 12.0 Å². The van der Waals surface area contributed by atoms with Crippen LogP contribution < -0.4 is 11.3 Å². The number of nitrogens with one attached hydrogen (secondary N) is 1. The predicted molar refractivity (Wildman–Crippen MR) is 66.3 cm³/mol. The second-order valence-electron chi connectivity index (χ2n) is 4.31. The molecular formula is C12H17BrN2. The Morgan fingerprint density at radius 3 is 2.73 bits per heavy atom. The summed E-state index contributed by atoms with van der Waals surface area (Å²) >= 11 is 3.65. The fourth-order valence-corrected chi connectivity index (χ4v) is 2.67. The van der Waals surface area contributed by atoms with Crippen LogP contribution in [0.4, 0.5) is 0 Å². The van der Waals surface area contributed by atoms with Gasteiger partial charge in [0, 0.05) is 10.5 Å². The summed E-state index contributed by atoms with van der Waals surface area (Å²) in [6.45, 7) is 2.11. The average Bonchev–Trinajstić information content (AvgIpc) is 2.16. The van der Waals surface area contributed by atoms with Gasteiger partial charge in [-0.3, -0.25) is 11.3 Å². The smallest absolute Gasteiger partial charge is 0.0499 e. The van der Waals surface area contributed by atoms with Gasteiger partial charge in [0.15, 0.2) is 0 Å². The van der Waals surface area contributed by atoms with E-state index in [4.69, 9.17) is 5.84 Å². The van der Waals surface area contributed by atoms with Crippen molar-refractivity contribution >= 4 is 15.9 Å². The maximum absolute atomic E-state index is 5.66. The summed E-state index contributed by atoms with van der Waals surface area (Å²) in [5, 5.41) is 0. The Hall–Kier alpha value is -0.380. The summed E-state index contributed by atoms with van der Waals surface area (Å²) in [6, 6.07) is 6.66. The van der Waals surface area contributed by atoms with Gasteiger partial charge < -0.3 is 0 Å². The Morgan fingerprint density at radius 1 is 1.47 bits per heavy atom. The van der Waals surface area contributed by atoms with Crippen LogP contribution in [0.15, 0.2) is 22.7 Å². The van der Waals surface area contributed by atoms with Gasteiger partial charge in [0.05, 0.1) is 0 Å². The molecule has 1 aliphatic rings. The van der Waals surface area contributed by atoms with Gasteiger partial charge in [-0.25, -0.2) is 0 Å². The van der Waals surface area contributed by atoms with Crippen LogP contribution in [0.3, 0.4) is 0 Å². The SMILES string of the molecule is Cc1cccc(C(NN)C2CCC2)c1Br. The molecule has 0 heterocycles. The van der Waals surface area contributed by atoms with Crippen molar-refractivity contribution in [2.45, 2.75) is 32.2 Å². The highest BCUT2D eigenvalue weighted by atomic mass is 79.9. The Balaban J connectivity index is 2.29. The molecule has 1 unspecified atom stereocenters. The number of hydrogen-bond donors (Lipinski definition) is 2. The zero-order valence-corrected chi connectivity index (χ0v) is 10.5. The van der Waals surface area contributed by atoms with Crippen LogP contribution in [0.1, 0.15) is 36.4 Å². The molecule has 1 aromatic rings. The van der Waals surface area contributed by atoms with Crippen LogP contribution in [-0.4, -0.2) is 0 Å². The molecule has 0 aromatic heterocycles. The molecule has 0 amide bonds. The third kappa shape index (κ3) is 2.10. The Morgan fingerprint density at radius 2 is 2.20 bits per heavy atom. The lowest BCUT2D eigenvalue weighted by Gasteiger charge is -2.34. The molecule has 0 radical (unpaired) electrons. The average molecular weight is 269 g/mol. The van der Waals surface area contributed by atoms with Gasteiger partial charge in [0.2, 0.25) is 0 Å². The molecule has 0 spiro atoms. The molecule has 0 aliphatic heterocycles. The quantitative estimate of drug-likeness (QED) is 0.653. The molecule has 1 fully saturated rings. The van der Waals surface area contributed by atoms with E-state index in [0.717, 1.165) is 0 Å². The normalized spacial score (nSPS) is 18.6. The number of hydrazine groups is 1. The van der Waals surface area contributed by atoms with Crippen LogP contribution in [0.2, 0.25) is 0 Å². The maximum Gasteiger partial charge on any atom is 0.0499 e. The Labute approximate surface area is 99.3 Å². The first-order chi connectivity index (χ1) is 7.24. The number of halogens is 1. The van der Waals surface area contributed by atoms with Gasteiger partial charge in [-0.1, -0.05) is 40.5 Å². The lowest BCUT2D eigenvalue weighted by Crippen LogP contribution is -2.36. The Bertz CT molecular complexity index is 347. The first-order valence-corrected chi connectivity index (χ1v) is 6.24. The van der Waals surface area contributed by atoms with Gasteiger partial charge in [-0.15, -0.1) is 0 Å². The van der Waals surface area contributed by atoms with E-state index in [9.17, 15) is 0 Å². The van der Waals surface area contributed by atoms with Crippen molar-refractivity contribution in [3.63, 3.8) is 0 Å². The van der Waals surface area contributed by atoms with Gasteiger partial charge in [-0.05, 0) is 36.8 Å². The highest BCUT2D eigenvalue weighted by Crippen LogP contribution is 2.40. The molecule has 1 atom stereocenters. The molecule has 3 heteroatoms. The molecule has 1 aliphatic carbocycles. The van der Waals surface area contributed by atoms with Crippen LogP contribution in [0.5, 0.6) is 0 Å². The number of hydrogen-bond acceptors (Lipinski definition) is 2. The zero-order valence-electron chi connectivity index (χ0n) is 8.96. The molecule has 1 saturated carbocycles. The fraction of sp³-hybridized carbons (Fsp3) is 0.500. The predicted octanol–water partition coefficient (Wildman–Crippen LogP) is 3.06. The van der Waals surface area contributed by atoms with Crippen molar-refractivity contribution in [1.29, 1.82) is 0 Å². The zero-order chi connectivity index (χ0) is 10.8. The number of benzene rings is 1. The summed E-state index contributed by atoms with van der Waals surface area (Å²) in [5.41, 5.74) is 5.52. The van der Waals surface area contributed by atoms with Crippen molar-refractivity contribution < 1.29 is 0 Å². The highest BCUT2D eigenvalue weighted by Gasteiger charge is 2.28. The monoisotopic (exact) mass is 268 g/mol. The molecule has 3 N–H and O–H groups in total.